The van der Waals surface area contributed by atoms with Crippen molar-refractivity contribution in [3.8, 4) is 0 Å². The van der Waals surface area contributed by atoms with Crippen LogP contribution in [0.5, 0.6) is 0 Å². The van der Waals surface area contributed by atoms with Crippen LogP contribution in [-0.2, 0) is 0 Å². The van der Waals surface area contributed by atoms with E-state index in [4.69, 9.17) is 0 Å². The van der Waals surface area contributed by atoms with E-state index in [-0.39, 0.29) is 5.91 Å². The summed E-state index contributed by atoms with van der Waals surface area (Å²) < 4.78 is 0. The van der Waals surface area contributed by atoms with Gasteiger partial charge in [0, 0.05) is 12.6 Å². The van der Waals surface area contributed by atoms with Gasteiger partial charge in [0.2, 0.25) is 0 Å². The van der Waals surface area contributed by atoms with Crippen molar-refractivity contribution in [2.45, 2.75) is 32.1 Å². The second kappa shape index (κ2) is 4.05. The lowest BCUT2D eigenvalue weighted by molar-refractivity contribution is 0.0961. The molecule has 2 heteroatoms. The van der Waals surface area contributed by atoms with Crippen LogP contribution >= 0.6 is 0 Å². The third-order valence-electron chi connectivity index (χ3n) is 3.22. The molecule has 0 saturated heterocycles. The molecule has 1 aliphatic rings. The van der Waals surface area contributed by atoms with E-state index in [0.717, 1.165) is 5.56 Å². The van der Waals surface area contributed by atoms with Crippen molar-refractivity contribution in [2.75, 3.05) is 7.05 Å². The molecular formula is C13H17NO. The highest BCUT2D eigenvalue weighted by atomic mass is 16.1. The zero-order valence-corrected chi connectivity index (χ0v) is 9.34. The smallest absolute Gasteiger partial charge is 0.251 e. The summed E-state index contributed by atoms with van der Waals surface area (Å²) in [6.07, 6.45) is 3.76. The summed E-state index contributed by atoms with van der Waals surface area (Å²) in [6, 6.07) is 6.11. The number of rotatable bonds is 2. The first-order chi connectivity index (χ1) is 7.22. The van der Waals surface area contributed by atoms with E-state index in [2.05, 4.69) is 18.3 Å². The third kappa shape index (κ3) is 1.89. The Hall–Kier alpha value is -1.31. The van der Waals surface area contributed by atoms with Gasteiger partial charge in [-0.05, 0) is 37.3 Å². The Morgan fingerprint density at radius 1 is 1.40 bits per heavy atom. The summed E-state index contributed by atoms with van der Waals surface area (Å²) in [5.74, 6) is 0.647. The average molecular weight is 203 g/mol. The maximum absolute atomic E-state index is 11.7. The number of carbonyl (C=O) groups excluding carboxylic acids is 1. The second-order valence-corrected chi connectivity index (χ2v) is 4.30. The molecule has 0 aromatic heterocycles. The Kier molecular flexibility index (Phi) is 2.76. The van der Waals surface area contributed by atoms with Crippen molar-refractivity contribution in [2.24, 2.45) is 0 Å². The molecule has 0 heterocycles. The van der Waals surface area contributed by atoms with Gasteiger partial charge in [-0.2, -0.15) is 0 Å². The first kappa shape index (κ1) is 10.2. The number of nitrogens with one attached hydrogen (secondary N) is 1. The molecule has 15 heavy (non-hydrogen) atoms. The van der Waals surface area contributed by atoms with E-state index in [1.165, 1.54) is 30.4 Å². The van der Waals surface area contributed by atoms with Crippen molar-refractivity contribution in [3.63, 3.8) is 0 Å². The zero-order chi connectivity index (χ0) is 10.8. The van der Waals surface area contributed by atoms with Crippen molar-refractivity contribution < 1.29 is 4.79 Å². The monoisotopic (exact) mass is 203 g/mol. The Morgan fingerprint density at radius 2 is 2.13 bits per heavy atom. The molecule has 0 atom stereocenters. The SMILES string of the molecule is CNC(=O)c1ccc(C)cc1C1CCC1. The van der Waals surface area contributed by atoms with E-state index >= 15 is 0 Å². The molecule has 2 nitrogen and oxygen atoms in total. The van der Waals surface area contributed by atoms with E-state index in [9.17, 15) is 4.79 Å². The fourth-order valence-electron chi connectivity index (χ4n) is 2.08. The van der Waals surface area contributed by atoms with E-state index in [1.54, 1.807) is 7.05 Å². The van der Waals surface area contributed by atoms with Gasteiger partial charge in [-0.1, -0.05) is 24.1 Å². The molecule has 80 valence electrons. The molecule has 0 radical (unpaired) electrons. The van der Waals surface area contributed by atoms with Crippen LogP contribution < -0.4 is 5.32 Å². The minimum atomic E-state index is 0.0388. The number of amides is 1. The van der Waals surface area contributed by atoms with Gasteiger partial charge in [-0.3, -0.25) is 4.79 Å². The lowest BCUT2D eigenvalue weighted by atomic mass is 9.77. The first-order valence-electron chi connectivity index (χ1n) is 5.55. The van der Waals surface area contributed by atoms with Crippen LogP contribution in [0.1, 0.15) is 46.7 Å². The summed E-state index contributed by atoms with van der Waals surface area (Å²) in [6.45, 7) is 2.08. The topological polar surface area (TPSA) is 29.1 Å². The van der Waals surface area contributed by atoms with Crippen LogP contribution in [0.15, 0.2) is 18.2 Å². The predicted octanol–water partition coefficient (Wildman–Crippen LogP) is 2.62. The third-order valence-corrected chi connectivity index (χ3v) is 3.22. The maximum Gasteiger partial charge on any atom is 0.251 e. The van der Waals surface area contributed by atoms with Gasteiger partial charge >= 0.3 is 0 Å². The largest absolute Gasteiger partial charge is 0.355 e. The summed E-state index contributed by atoms with van der Waals surface area (Å²) >= 11 is 0. The summed E-state index contributed by atoms with van der Waals surface area (Å²) in [5.41, 5.74) is 3.33. The number of benzene rings is 1. The fourth-order valence-corrected chi connectivity index (χ4v) is 2.08. The van der Waals surface area contributed by atoms with Crippen LogP contribution in [0.3, 0.4) is 0 Å². The van der Waals surface area contributed by atoms with Gasteiger partial charge in [0.25, 0.3) is 5.91 Å². The summed E-state index contributed by atoms with van der Waals surface area (Å²) in [7, 11) is 1.69. The average Bonchev–Trinajstić information content (AvgIpc) is 2.14. The maximum atomic E-state index is 11.7. The van der Waals surface area contributed by atoms with Gasteiger partial charge in [0.15, 0.2) is 0 Å². The molecule has 1 N–H and O–H groups in total. The van der Waals surface area contributed by atoms with Crippen LogP contribution in [0.2, 0.25) is 0 Å². The van der Waals surface area contributed by atoms with Crippen molar-refractivity contribution >= 4 is 5.91 Å². The lowest BCUT2D eigenvalue weighted by Gasteiger charge is -2.27. The highest BCUT2D eigenvalue weighted by Gasteiger charge is 2.24. The van der Waals surface area contributed by atoms with Gasteiger partial charge in [-0.25, -0.2) is 0 Å². The van der Waals surface area contributed by atoms with Crippen molar-refractivity contribution in [1.29, 1.82) is 0 Å². The number of hydrogen-bond donors (Lipinski definition) is 1. The highest BCUT2D eigenvalue weighted by molar-refractivity contribution is 5.95. The first-order valence-corrected chi connectivity index (χ1v) is 5.55. The number of aryl methyl sites for hydroxylation is 1. The summed E-state index contributed by atoms with van der Waals surface area (Å²) in [4.78, 5) is 11.7. The number of hydrogen-bond acceptors (Lipinski definition) is 1. The molecule has 1 aromatic rings. The minimum Gasteiger partial charge on any atom is -0.355 e. The molecule has 0 spiro atoms. The molecule has 0 unspecified atom stereocenters. The highest BCUT2D eigenvalue weighted by Crippen LogP contribution is 2.38. The van der Waals surface area contributed by atoms with Crippen LogP contribution in [0.25, 0.3) is 0 Å². The second-order valence-electron chi connectivity index (χ2n) is 4.30. The van der Waals surface area contributed by atoms with Gasteiger partial charge in [0.05, 0.1) is 0 Å². The molecule has 0 aliphatic heterocycles. The molecule has 1 saturated carbocycles. The van der Waals surface area contributed by atoms with Crippen LogP contribution in [0, 0.1) is 6.92 Å². The Morgan fingerprint density at radius 3 is 2.67 bits per heavy atom. The molecule has 2 rings (SSSR count). The Balaban J connectivity index is 2.38. The van der Waals surface area contributed by atoms with Crippen LogP contribution in [-0.4, -0.2) is 13.0 Å². The van der Waals surface area contributed by atoms with Crippen molar-refractivity contribution in [3.05, 3.63) is 34.9 Å². The summed E-state index contributed by atoms with van der Waals surface area (Å²) in [5, 5.41) is 2.71. The standard InChI is InChI=1S/C13H17NO/c1-9-6-7-11(13(15)14-2)12(8-9)10-4-3-5-10/h6-8,10H,3-5H2,1-2H3,(H,14,15). The van der Waals surface area contributed by atoms with Crippen LogP contribution in [0.4, 0.5) is 0 Å². The molecule has 1 amide bonds. The van der Waals surface area contributed by atoms with Crippen molar-refractivity contribution in [1.82, 2.24) is 5.32 Å². The fraction of sp³-hybridized carbons (Fsp3) is 0.462. The van der Waals surface area contributed by atoms with E-state index in [1.807, 2.05) is 12.1 Å². The molecule has 1 aromatic carbocycles. The van der Waals surface area contributed by atoms with Gasteiger partial charge < -0.3 is 5.32 Å². The molecule has 0 bridgehead atoms. The molecule has 1 fully saturated rings. The lowest BCUT2D eigenvalue weighted by Crippen LogP contribution is -2.22. The molecular weight excluding hydrogens is 186 g/mol. The Labute approximate surface area is 90.7 Å². The molecule has 1 aliphatic carbocycles. The van der Waals surface area contributed by atoms with E-state index in [0.29, 0.717) is 5.92 Å². The Bertz CT molecular complexity index is 380. The minimum absolute atomic E-state index is 0.0388. The van der Waals surface area contributed by atoms with Gasteiger partial charge in [0.1, 0.15) is 0 Å². The quantitative estimate of drug-likeness (QED) is 0.786. The number of carbonyl (C=O) groups is 1. The zero-order valence-electron chi connectivity index (χ0n) is 9.34. The van der Waals surface area contributed by atoms with Gasteiger partial charge in [-0.15, -0.1) is 0 Å². The normalized spacial score (nSPS) is 15.9. The van der Waals surface area contributed by atoms with E-state index < -0.39 is 0 Å². The predicted molar refractivity (Wildman–Crippen MR) is 61.2 cm³/mol.